The number of benzene rings is 1. The number of hydrogen-bond acceptors (Lipinski definition) is 5. The second-order valence-electron chi connectivity index (χ2n) is 4.55. The molecule has 1 aromatic rings. The summed E-state index contributed by atoms with van der Waals surface area (Å²) >= 11 is 0. The molecule has 0 saturated carbocycles. The van der Waals surface area contributed by atoms with Crippen LogP contribution in [-0.2, 0) is 4.79 Å². The van der Waals surface area contributed by atoms with Crippen molar-refractivity contribution < 1.29 is 14.5 Å². The molecular weight excluding hydrogens is 278 g/mol. The van der Waals surface area contributed by atoms with Gasteiger partial charge in [0.2, 0.25) is 5.91 Å². The van der Waals surface area contributed by atoms with Gasteiger partial charge < -0.3 is 21.3 Å². The number of non-ortho nitro benzene ring substituents is 1. The summed E-state index contributed by atoms with van der Waals surface area (Å²) in [4.78, 5) is 35.0. The number of piperazine rings is 1. The molecule has 0 spiro atoms. The van der Waals surface area contributed by atoms with Crippen molar-refractivity contribution in [3.8, 4) is 0 Å². The van der Waals surface area contributed by atoms with Crippen molar-refractivity contribution in [2.75, 3.05) is 25.0 Å². The number of nitrogens with one attached hydrogen (secondary N) is 2. The van der Waals surface area contributed by atoms with Crippen molar-refractivity contribution in [2.45, 2.75) is 6.04 Å². The van der Waals surface area contributed by atoms with Gasteiger partial charge in [0.25, 0.3) is 5.69 Å². The largest absolute Gasteiger partial charge is 0.368 e. The highest BCUT2D eigenvalue weighted by atomic mass is 16.6. The molecule has 1 atom stereocenters. The van der Waals surface area contributed by atoms with Crippen LogP contribution in [-0.4, -0.2) is 47.4 Å². The van der Waals surface area contributed by atoms with Crippen LogP contribution in [0.25, 0.3) is 0 Å². The summed E-state index contributed by atoms with van der Waals surface area (Å²) in [5.41, 5.74) is 5.43. The van der Waals surface area contributed by atoms with Gasteiger partial charge in [-0.2, -0.15) is 0 Å². The number of nitro groups is 1. The van der Waals surface area contributed by atoms with Crippen LogP contribution in [0.1, 0.15) is 0 Å². The van der Waals surface area contributed by atoms with Crippen LogP contribution >= 0.6 is 0 Å². The van der Waals surface area contributed by atoms with Crippen LogP contribution in [0, 0.1) is 10.1 Å². The van der Waals surface area contributed by atoms with E-state index in [1.807, 2.05) is 0 Å². The third kappa shape index (κ3) is 3.45. The van der Waals surface area contributed by atoms with Gasteiger partial charge in [-0.25, -0.2) is 4.79 Å². The standard InChI is InChI=1S/C12H15N5O4/c13-11(18)10-7-14-4-5-16(10)12(19)15-8-2-1-3-9(6-8)17(20)21/h1-3,6,10,14H,4-5,7H2,(H2,13,18)(H,15,19). The molecule has 1 saturated heterocycles. The minimum Gasteiger partial charge on any atom is -0.368 e. The molecule has 0 aromatic heterocycles. The summed E-state index contributed by atoms with van der Waals surface area (Å²) in [6.45, 7) is 1.16. The zero-order valence-electron chi connectivity index (χ0n) is 11.1. The van der Waals surface area contributed by atoms with Gasteiger partial charge in [0.05, 0.1) is 4.92 Å². The summed E-state index contributed by atoms with van der Waals surface area (Å²) in [5.74, 6) is -0.601. The summed E-state index contributed by atoms with van der Waals surface area (Å²) < 4.78 is 0. The number of primary amides is 1. The predicted molar refractivity (Wildman–Crippen MR) is 74.7 cm³/mol. The number of rotatable bonds is 3. The van der Waals surface area contributed by atoms with E-state index in [9.17, 15) is 19.7 Å². The average molecular weight is 293 g/mol. The van der Waals surface area contributed by atoms with Crippen molar-refractivity contribution in [1.82, 2.24) is 10.2 Å². The summed E-state index contributed by atoms with van der Waals surface area (Å²) in [6.07, 6.45) is 0. The van der Waals surface area contributed by atoms with Crippen LogP contribution < -0.4 is 16.4 Å². The number of nitrogens with zero attached hydrogens (tertiary/aromatic N) is 2. The molecule has 1 fully saturated rings. The second kappa shape index (κ2) is 6.18. The van der Waals surface area contributed by atoms with Gasteiger partial charge >= 0.3 is 6.03 Å². The van der Waals surface area contributed by atoms with Crippen molar-refractivity contribution >= 4 is 23.3 Å². The molecule has 4 N–H and O–H groups in total. The molecule has 1 aromatic carbocycles. The van der Waals surface area contributed by atoms with E-state index in [4.69, 9.17) is 5.73 Å². The molecule has 0 radical (unpaired) electrons. The highest BCUT2D eigenvalue weighted by molar-refractivity contribution is 5.93. The van der Waals surface area contributed by atoms with Gasteiger partial charge in [0.15, 0.2) is 0 Å². The fourth-order valence-electron chi connectivity index (χ4n) is 2.09. The fraction of sp³-hybridized carbons (Fsp3) is 0.333. The molecule has 1 unspecified atom stereocenters. The smallest absolute Gasteiger partial charge is 0.322 e. The van der Waals surface area contributed by atoms with Gasteiger partial charge in [-0.1, -0.05) is 6.07 Å². The highest BCUT2D eigenvalue weighted by Gasteiger charge is 2.30. The molecule has 9 nitrogen and oxygen atoms in total. The van der Waals surface area contributed by atoms with Gasteiger partial charge in [-0.3, -0.25) is 14.9 Å². The first kappa shape index (κ1) is 14.7. The summed E-state index contributed by atoms with van der Waals surface area (Å²) in [5, 5.41) is 16.2. The minimum atomic E-state index is -0.738. The molecule has 0 aliphatic carbocycles. The molecular formula is C12H15N5O4. The van der Waals surface area contributed by atoms with Gasteiger partial charge in [-0.15, -0.1) is 0 Å². The van der Waals surface area contributed by atoms with E-state index < -0.39 is 22.9 Å². The van der Waals surface area contributed by atoms with Crippen LogP contribution in [0.2, 0.25) is 0 Å². The Morgan fingerprint density at radius 3 is 2.90 bits per heavy atom. The zero-order valence-corrected chi connectivity index (χ0v) is 11.1. The van der Waals surface area contributed by atoms with Crippen LogP contribution in [0.5, 0.6) is 0 Å². The Hall–Kier alpha value is -2.68. The Bertz CT molecular complexity index is 577. The number of nitrogens with two attached hydrogens (primary N) is 1. The summed E-state index contributed by atoms with van der Waals surface area (Å²) in [7, 11) is 0. The van der Waals surface area contributed by atoms with E-state index >= 15 is 0 Å². The Balaban J connectivity index is 2.11. The molecule has 112 valence electrons. The van der Waals surface area contributed by atoms with Crippen LogP contribution in [0.15, 0.2) is 24.3 Å². The first-order chi connectivity index (χ1) is 9.99. The molecule has 21 heavy (non-hydrogen) atoms. The number of hydrogen-bond donors (Lipinski definition) is 3. The number of amides is 3. The van der Waals surface area contributed by atoms with E-state index in [-0.39, 0.29) is 17.9 Å². The van der Waals surface area contributed by atoms with Gasteiger partial charge in [0.1, 0.15) is 6.04 Å². The lowest BCUT2D eigenvalue weighted by atomic mass is 10.2. The molecule has 9 heteroatoms. The lowest BCUT2D eigenvalue weighted by Crippen LogP contribution is -2.59. The maximum Gasteiger partial charge on any atom is 0.322 e. The first-order valence-electron chi connectivity index (χ1n) is 6.31. The van der Waals surface area contributed by atoms with E-state index in [0.717, 1.165) is 0 Å². The number of nitro benzene ring substituents is 1. The van der Waals surface area contributed by atoms with Gasteiger partial charge in [-0.05, 0) is 6.07 Å². The monoisotopic (exact) mass is 293 g/mol. The number of carbonyl (C=O) groups excluding carboxylic acids is 2. The van der Waals surface area contributed by atoms with Crippen molar-refractivity contribution in [2.24, 2.45) is 5.73 Å². The molecule has 1 aliphatic heterocycles. The lowest BCUT2D eigenvalue weighted by molar-refractivity contribution is -0.384. The number of urea groups is 1. The Morgan fingerprint density at radius 1 is 1.48 bits per heavy atom. The Morgan fingerprint density at radius 2 is 2.24 bits per heavy atom. The number of carbonyl (C=O) groups is 2. The van der Waals surface area contributed by atoms with Crippen molar-refractivity contribution in [3.05, 3.63) is 34.4 Å². The van der Waals surface area contributed by atoms with E-state index in [0.29, 0.717) is 13.1 Å². The highest BCUT2D eigenvalue weighted by Crippen LogP contribution is 2.18. The van der Waals surface area contributed by atoms with Crippen LogP contribution in [0.3, 0.4) is 0 Å². The lowest BCUT2D eigenvalue weighted by Gasteiger charge is -2.34. The maximum absolute atomic E-state index is 12.2. The number of anilines is 1. The quantitative estimate of drug-likeness (QED) is 0.528. The van der Waals surface area contributed by atoms with Crippen LogP contribution in [0.4, 0.5) is 16.2 Å². The van der Waals surface area contributed by atoms with E-state index in [1.165, 1.54) is 29.2 Å². The van der Waals surface area contributed by atoms with Gasteiger partial charge in [0, 0.05) is 37.5 Å². The molecule has 3 amide bonds. The topological polar surface area (TPSA) is 131 Å². The van der Waals surface area contributed by atoms with Crippen molar-refractivity contribution in [1.29, 1.82) is 0 Å². The molecule has 1 heterocycles. The third-order valence-corrected chi connectivity index (χ3v) is 3.14. The van der Waals surface area contributed by atoms with E-state index in [2.05, 4.69) is 10.6 Å². The normalized spacial score (nSPS) is 18.1. The average Bonchev–Trinajstić information content (AvgIpc) is 2.47. The Labute approximate surface area is 120 Å². The third-order valence-electron chi connectivity index (χ3n) is 3.14. The SMILES string of the molecule is NC(=O)C1CNCCN1C(=O)Nc1cccc([N+](=O)[O-])c1. The second-order valence-corrected chi connectivity index (χ2v) is 4.55. The molecule has 0 bridgehead atoms. The minimum absolute atomic E-state index is 0.125. The summed E-state index contributed by atoms with van der Waals surface area (Å²) in [6, 6.07) is 4.33. The fourth-order valence-corrected chi connectivity index (χ4v) is 2.09. The molecule has 2 rings (SSSR count). The van der Waals surface area contributed by atoms with Crippen molar-refractivity contribution in [3.63, 3.8) is 0 Å². The first-order valence-corrected chi connectivity index (χ1v) is 6.31. The predicted octanol–water partition coefficient (Wildman–Crippen LogP) is -0.114. The maximum atomic E-state index is 12.2. The van der Waals surface area contributed by atoms with E-state index in [1.54, 1.807) is 0 Å². The Kier molecular flexibility index (Phi) is 4.33. The zero-order chi connectivity index (χ0) is 15.4. The molecule has 1 aliphatic rings.